The highest BCUT2D eigenvalue weighted by atomic mass is 19.1. The minimum atomic E-state index is -0.540. The van der Waals surface area contributed by atoms with Gasteiger partial charge in [-0.2, -0.15) is 0 Å². The predicted octanol–water partition coefficient (Wildman–Crippen LogP) is 4.57. The first-order valence-electron chi connectivity index (χ1n) is 9.71. The smallest absolute Gasteiger partial charge is 0.258 e. The molecule has 0 spiro atoms. The van der Waals surface area contributed by atoms with E-state index in [0.717, 1.165) is 11.6 Å². The summed E-state index contributed by atoms with van der Waals surface area (Å²) in [5, 5.41) is 5.51. The molecule has 0 unspecified atom stereocenters. The molecular weight excluding hydrogens is 404 g/mol. The van der Waals surface area contributed by atoms with E-state index in [9.17, 15) is 18.4 Å². The van der Waals surface area contributed by atoms with E-state index in [1.54, 1.807) is 19.9 Å². The van der Waals surface area contributed by atoms with E-state index < -0.39 is 23.1 Å². The second-order valence-corrected chi connectivity index (χ2v) is 7.06. The minimum Gasteiger partial charge on any atom is -0.456 e. The highest BCUT2D eigenvalue weighted by molar-refractivity contribution is 6.02. The molecule has 0 aliphatic rings. The van der Waals surface area contributed by atoms with Crippen LogP contribution in [0.3, 0.4) is 0 Å². The fourth-order valence-electron chi connectivity index (χ4n) is 3.04. The third-order valence-corrected chi connectivity index (χ3v) is 4.78. The zero-order valence-corrected chi connectivity index (χ0v) is 17.7. The van der Waals surface area contributed by atoms with Gasteiger partial charge < -0.3 is 15.4 Å². The molecule has 0 saturated heterocycles. The van der Waals surface area contributed by atoms with Crippen molar-refractivity contribution in [3.05, 3.63) is 81.1 Å². The van der Waals surface area contributed by atoms with Crippen LogP contribution in [0.5, 0.6) is 11.5 Å². The molecular formula is C23H23F2N3O3. The van der Waals surface area contributed by atoms with Gasteiger partial charge in [0.2, 0.25) is 0 Å². The van der Waals surface area contributed by atoms with Crippen molar-refractivity contribution < 1.29 is 18.3 Å². The summed E-state index contributed by atoms with van der Waals surface area (Å²) in [7, 11) is 1.46. The third-order valence-electron chi connectivity index (χ3n) is 4.78. The molecule has 6 nitrogen and oxygen atoms in total. The molecule has 2 aromatic carbocycles. The summed E-state index contributed by atoms with van der Waals surface area (Å²) in [6.07, 6.45) is 0. The maximum atomic E-state index is 14.5. The number of hydrogen-bond donors (Lipinski definition) is 2. The number of amides is 1. The number of carbonyl (C=O) groups excluding carboxylic acids is 1. The van der Waals surface area contributed by atoms with E-state index >= 15 is 0 Å². The number of nitrogens with one attached hydrogen (secondary N) is 2. The van der Waals surface area contributed by atoms with E-state index in [1.807, 2.05) is 0 Å². The summed E-state index contributed by atoms with van der Waals surface area (Å²) in [5.74, 6) is -1.42. The van der Waals surface area contributed by atoms with Crippen molar-refractivity contribution in [2.75, 3.05) is 11.9 Å². The van der Waals surface area contributed by atoms with Gasteiger partial charge in [0.15, 0.2) is 0 Å². The van der Waals surface area contributed by atoms with Crippen LogP contribution in [0.25, 0.3) is 0 Å². The Hall–Kier alpha value is -3.68. The number of halogens is 2. The highest BCUT2D eigenvalue weighted by Crippen LogP contribution is 2.33. The molecule has 3 rings (SSSR count). The summed E-state index contributed by atoms with van der Waals surface area (Å²) in [5.41, 5.74) is 0.536. The van der Waals surface area contributed by atoms with Gasteiger partial charge >= 0.3 is 0 Å². The molecule has 0 fully saturated rings. The molecule has 8 heteroatoms. The maximum absolute atomic E-state index is 14.5. The van der Waals surface area contributed by atoms with Gasteiger partial charge in [0, 0.05) is 25.2 Å². The largest absolute Gasteiger partial charge is 0.456 e. The number of benzene rings is 2. The van der Waals surface area contributed by atoms with Crippen molar-refractivity contribution in [1.29, 1.82) is 0 Å². The van der Waals surface area contributed by atoms with Crippen LogP contribution >= 0.6 is 0 Å². The van der Waals surface area contributed by atoms with Crippen LogP contribution in [0.15, 0.2) is 47.3 Å². The van der Waals surface area contributed by atoms with Crippen LogP contribution in [-0.4, -0.2) is 17.0 Å². The third kappa shape index (κ3) is 4.58. The van der Waals surface area contributed by atoms with Crippen LogP contribution in [0.4, 0.5) is 20.3 Å². The summed E-state index contributed by atoms with van der Waals surface area (Å²) in [6.45, 7) is 5.33. The van der Waals surface area contributed by atoms with Gasteiger partial charge in [-0.25, -0.2) is 8.78 Å². The molecule has 162 valence electrons. The van der Waals surface area contributed by atoms with Gasteiger partial charge in [0.25, 0.3) is 11.5 Å². The molecule has 31 heavy (non-hydrogen) atoms. The summed E-state index contributed by atoms with van der Waals surface area (Å²) >= 11 is 0. The summed E-state index contributed by atoms with van der Waals surface area (Å²) < 4.78 is 35.4. The Morgan fingerprint density at radius 1 is 1.06 bits per heavy atom. The number of aryl methyl sites for hydroxylation is 1. The summed E-state index contributed by atoms with van der Waals surface area (Å²) in [6, 6.07) is 9.97. The molecule has 0 aliphatic carbocycles. The van der Waals surface area contributed by atoms with Crippen LogP contribution in [0.2, 0.25) is 0 Å². The van der Waals surface area contributed by atoms with E-state index in [-0.39, 0.29) is 34.1 Å². The molecule has 0 aliphatic heterocycles. The number of hydrogen-bond acceptors (Lipinski definition) is 4. The normalized spacial score (nSPS) is 10.6. The Morgan fingerprint density at radius 3 is 2.48 bits per heavy atom. The Labute approximate surface area is 178 Å². The first-order valence-corrected chi connectivity index (χ1v) is 9.71. The topological polar surface area (TPSA) is 72.4 Å². The fraction of sp³-hybridized carbons (Fsp3) is 0.217. The molecule has 0 radical (unpaired) electrons. The maximum Gasteiger partial charge on any atom is 0.258 e. The van der Waals surface area contributed by atoms with Crippen molar-refractivity contribution in [2.24, 2.45) is 7.05 Å². The summed E-state index contributed by atoms with van der Waals surface area (Å²) in [4.78, 5) is 25.5. The van der Waals surface area contributed by atoms with Gasteiger partial charge in [0.05, 0.1) is 5.69 Å². The molecule has 0 bridgehead atoms. The van der Waals surface area contributed by atoms with Crippen molar-refractivity contribution in [1.82, 2.24) is 9.88 Å². The average Bonchev–Trinajstić information content (AvgIpc) is 2.71. The monoisotopic (exact) mass is 427 g/mol. The van der Waals surface area contributed by atoms with E-state index in [2.05, 4.69) is 10.6 Å². The lowest BCUT2D eigenvalue weighted by molar-refractivity contribution is 0.0953. The van der Waals surface area contributed by atoms with Crippen LogP contribution in [0.1, 0.15) is 28.4 Å². The first-order chi connectivity index (χ1) is 14.7. The lowest BCUT2D eigenvalue weighted by Crippen LogP contribution is -2.29. The van der Waals surface area contributed by atoms with Crippen LogP contribution in [-0.2, 0) is 7.05 Å². The molecule has 2 N–H and O–H groups in total. The second kappa shape index (κ2) is 8.99. The van der Waals surface area contributed by atoms with Gasteiger partial charge in [0.1, 0.15) is 34.5 Å². The first kappa shape index (κ1) is 22.0. The highest BCUT2D eigenvalue weighted by Gasteiger charge is 2.23. The van der Waals surface area contributed by atoms with Crippen molar-refractivity contribution in [2.45, 2.75) is 20.8 Å². The number of rotatable bonds is 6. The predicted molar refractivity (Wildman–Crippen MR) is 115 cm³/mol. The number of pyridine rings is 1. The quantitative estimate of drug-likeness (QED) is 0.605. The van der Waals surface area contributed by atoms with Crippen molar-refractivity contribution >= 4 is 17.4 Å². The Bertz CT molecular complexity index is 1210. The molecule has 1 aromatic heterocycles. The number of carbonyl (C=O) groups is 1. The van der Waals surface area contributed by atoms with Crippen LogP contribution < -0.4 is 20.9 Å². The lowest BCUT2D eigenvalue weighted by Gasteiger charge is -2.20. The molecule has 1 amide bonds. The second-order valence-electron chi connectivity index (χ2n) is 7.06. The Morgan fingerprint density at radius 2 is 1.81 bits per heavy atom. The van der Waals surface area contributed by atoms with E-state index in [4.69, 9.17) is 4.74 Å². The Kier molecular flexibility index (Phi) is 6.39. The molecule has 0 atom stereocenters. The number of ether oxygens (including phenoxy) is 1. The molecule has 1 heterocycles. The zero-order valence-electron chi connectivity index (χ0n) is 17.7. The molecule has 3 aromatic rings. The van der Waals surface area contributed by atoms with Gasteiger partial charge in [-0.1, -0.05) is 12.1 Å². The zero-order chi connectivity index (χ0) is 22.7. The SMILES string of the molecule is CCNC(=O)c1c(Oc2cccc(F)c2C)cc(=O)n(C)c1Nc1ccc(C)cc1F. The molecule has 0 saturated carbocycles. The number of nitrogens with zero attached hydrogens (tertiary/aromatic N) is 1. The van der Waals surface area contributed by atoms with E-state index in [0.29, 0.717) is 6.54 Å². The van der Waals surface area contributed by atoms with Gasteiger partial charge in [-0.3, -0.25) is 14.2 Å². The minimum absolute atomic E-state index is 0.00686. The average molecular weight is 427 g/mol. The fourth-order valence-corrected chi connectivity index (χ4v) is 3.04. The van der Waals surface area contributed by atoms with E-state index in [1.165, 1.54) is 48.9 Å². The van der Waals surface area contributed by atoms with Crippen molar-refractivity contribution in [3.8, 4) is 11.5 Å². The number of aromatic nitrogens is 1. The van der Waals surface area contributed by atoms with Crippen molar-refractivity contribution in [3.63, 3.8) is 0 Å². The standard InChI is InChI=1S/C23H23F2N3O3/c1-5-26-23(30)21-19(31-18-8-6-7-15(24)14(18)3)12-20(29)28(4)22(21)27-17-10-9-13(2)11-16(17)25/h6-12,27H,5H2,1-4H3,(H,26,30). The lowest BCUT2D eigenvalue weighted by atomic mass is 10.1. The van der Waals surface area contributed by atoms with Gasteiger partial charge in [-0.05, 0) is 50.6 Å². The number of anilines is 2. The van der Waals surface area contributed by atoms with Crippen LogP contribution in [0, 0.1) is 25.5 Å². The van der Waals surface area contributed by atoms with Gasteiger partial charge in [-0.15, -0.1) is 0 Å². The Balaban J connectivity index is 2.20.